The van der Waals surface area contributed by atoms with Gasteiger partial charge in [0.1, 0.15) is 12.4 Å². The van der Waals surface area contributed by atoms with Crippen LogP contribution in [-0.2, 0) is 16.2 Å². The molecule has 0 atom stereocenters. The van der Waals surface area contributed by atoms with Gasteiger partial charge >= 0.3 is 0 Å². The molecule has 1 aliphatic heterocycles. The molecule has 2 aromatic rings. The van der Waals surface area contributed by atoms with Crippen LogP contribution in [0.4, 0.5) is 4.39 Å². The Balaban J connectivity index is 1.51. The zero-order valence-corrected chi connectivity index (χ0v) is 19.6. The summed E-state index contributed by atoms with van der Waals surface area (Å²) in [6.45, 7) is 0.143. The molecule has 5 rings (SSSR count). The third-order valence-electron chi connectivity index (χ3n) is 6.71. The number of halogens is 2. The zero-order chi connectivity index (χ0) is 23.8. The molecule has 3 aliphatic rings. The number of Topliss-reactive ketones (excluding diaryl/α,β-unsaturated/α-hetero) is 2. The van der Waals surface area contributed by atoms with Crippen LogP contribution in [0.3, 0.4) is 0 Å². The molecule has 34 heavy (non-hydrogen) atoms. The van der Waals surface area contributed by atoms with Crippen LogP contribution in [0.1, 0.15) is 55.6 Å². The minimum absolute atomic E-state index is 0.0916. The van der Waals surface area contributed by atoms with Gasteiger partial charge in [-0.15, -0.1) is 0 Å². The van der Waals surface area contributed by atoms with E-state index in [1.807, 2.05) is 12.1 Å². The fraction of sp³-hybridized carbons (Fsp3) is 0.333. The van der Waals surface area contributed by atoms with Crippen LogP contribution in [0.2, 0.25) is 5.02 Å². The SMILES string of the molecule is COc1cc(C2C3=C(CCCC3=O)NC3=C2C(=O)CCC3)ccc1OCc1ccc(F)cc1Cl. The lowest BCUT2D eigenvalue weighted by molar-refractivity contribution is -0.116. The summed E-state index contributed by atoms with van der Waals surface area (Å²) in [5, 5.41) is 3.72. The maximum Gasteiger partial charge on any atom is 0.161 e. The van der Waals surface area contributed by atoms with E-state index in [0.29, 0.717) is 41.1 Å². The van der Waals surface area contributed by atoms with Crippen molar-refractivity contribution in [3.63, 3.8) is 0 Å². The minimum Gasteiger partial charge on any atom is -0.493 e. The molecule has 0 unspecified atom stereocenters. The highest BCUT2D eigenvalue weighted by molar-refractivity contribution is 6.31. The fourth-order valence-corrected chi connectivity index (χ4v) is 5.32. The van der Waals surface area contributed by atoms with E-state index in [-0.39, 0.29) is 23.2 Å². The number of nitrogens with one attached hydrogen (secondary N) is 1. The number of allylic oxidation sites excluding steroid dienone is 4. The third-order valence-corrected chi connectivity index (χ3v) is 7.06. The van der Waals surface area contributed by atoms with E-state index < -0.39 is 11.7 Å². The average Bonchev–Trinajstić information content (AvgIpc) is 2.82. The van der Waals surface area contributed by atoms with E-state index in [2.05, 4.69) is 5.32 Å². The van der Waals surface area contributed by atoms with Crippen LogP contribution in [-0.4, -0.2) is 18.7 Å². The van der Waals surface area contributed by atoms with Crippen molar-refractivity contribution >= 4 is 23.2 Å². The summed E-state index contributed by atoms with van der Waals surface area (Å²) in [5.41, 5.74) is 4.77. The molecule has 2 aliphatic carbocycles. The number of hydrogen-bond acceptors (Lipinski definition) is 5. The molecule has 0 saturated heterocycles. The van der Waals surface area contributed by atoms with Gasteiger partial charge in [-0.2, -0.15) is 0 Å². The summed E-state index contributed by atoms with van der Waals surface area (Å²) in [5.74, 6) is 0.359. The van der Waals surface area contributed by atoms with E-state index in [9.17, 15) is 14.0 Å². The molecular formula is C27H25ClFNO4. The number of hydrogen-bond donors (Lipinski definition) is 1. The second kappa shape index (κ2) is 9.26. The normalized spacial score (nSPS) is 18.4. The molecule has 0 amide bonds. The van der Waals surface area contributed by atoms with Crippen molar-refractivity contribution in [3.05, 3.63) is 80.9 Å². The van der Waals surface area contributed by atoms with E-state index >= 15 is 0 Å². The van der Waals surface area contributed by atoms with E-state index in [1.54, 1.807) is 19.2 Å². The first-order valence-electron chi connectivity index (χ1n) is 11.5. The van der Waals surface area contributed by atoms with Crippen molar-refractivity contribution in [2.45, 2.75) is 51.0 Å². The van der Waals surface area contributed by atoms with Gasteiger partial charge in [-0.1, -0.05) is 23.7 Å². The number of ether oxygens (including phenoxy) is 2. The molecule has 0 fully saturated rings. The van der Waals surface area contributed by atoms with Gasteiger partial charge < -0.3 is 14.8 Å². The zero-order valence-electron chi connectivity index (χ0n) is 18.9. The van der Waals surface area contributed by atoms with Gasteiger partial charge in [0.15, 0.2) is 23.1 Å². The smallest absolute Gasteiger partial charge is 0.161 e. The first-order valence-corrected chi connectivity index (χ1v) is 11.9. The molecule has 0 spiro atoms. The van der Waals surface area contributed by atoms with Crippen molar-refractivity contribution in [2.24, 2.45) is 0 Å². The number of carbonyl (C=O) groups is 2. The molecule has 1 heterocycles. The van der Waals surface area contributed by atoms with Gasteiger partial charge in [0, 0.05) is 46.9 Å². The monoisotopic (exact) mass is 481 g/mol. The molecule has 0 saturated carbocycles. The van der Waals surface area contributed by atoms with E-state index in [1.165, 1.54) is 12.1 Å². The molecule has 1 N–H and O–H groups in total. The van der Waals surface area contributed by atoms with Gasteiger partial charge in [-0.3, -0.25) is 9.59 Å². The first kappa shape index (κ1) is 22.7. The Morgan fingerprint density at radius 3 is 2.24 bits per heavy atom. The summed E-state index contributed by atoms with van der Waals surface area (Å²) in [6, 6.07) is 9.68. The largest absolute Gasteiger partial charge is 0.493 e. The predicted octanol–water partition coefficient (Wildman–Crippen LogP) is 5.77. The van der Waals surface area contributed by atoms with Crippen LogP contribution in [0.15, 0.2) is 58.9 Å². The molecule has 5 nitrogen and oxygen atoms in total. The minimum atomic E-state index is -0.408. The Kier molecular flexibility index (Phi) is 6.17. The topological polar surface area (TPSA) is 64.6 Å². The maximum absolute atomic E-state index is 13.3. The van der Waals surface area contributed by atoms with Crippen LogP contribution < -0.4 is 14.8 Å². The van der Waals surface area contributed by atoms with Crippen molar-refractivity contribution < 1.29 is 23.5 Å². The summed E-state index contributed by atoms with van der Waals surface area (Å²) >= 11 is 6.12. The Morgan fingerprint density at radius 1 is 0.941 bits per heavy atom. The predicted molar refractivity (Wildman–Crippen MR) is 126 cm³/mol. The summed E-state index contributed by atoms with van der Waals surface area (Å²) in [7, 11) is 1.55. The number of dihydropyridines is 1. The highest BCUT2D eigenvalue weighted by Gasteiger charge is 2.40. The molecule has 0 aromatic heterocycles. The quantitative estimate of drug-likeness (QED) is 0.587. The summed E-state index contributed by atoms with van der Waals surface area (Å²) < 4.78 is 24.9. The van der Waals surface area contributed by atoms with Crippen LogP contribution in [0, 0.1) is 5.82 Å². The third kappa shape index (κ3) is 4.11. The summed E-state index contributed by atoms with van der Waals surface area (Å²) in [4.78, 5) is 26.0. The molecule has 0 radical (unpaired) electrons. The van der Waals surface area contributed by atoms with Gasteiger partial charge in [0.2, 0.25) is 0 Å². The van der Waals surface area contributed by atoms with Gasteiger partial charge in [0.05, 0.1) is 12.1 Å². The lowest BCUT2D eigenvalue weighted by Crippen LogP contribution is -2.36. The van der Waals surface area contributed by atoms with Crippen LogP contribution >= 0.6 is 11.6 Å². The number of ketones is 2. The summed E-state index contributed by atoms with van der Waals surface area (Å²) in [6.07, 6.45) is 4.22. The standard InChI is InChI=1S/C27H25ClFNO4/c1-33-24-12-15(9-11-23(24)34-14-16-8-10-17(29)13-18(16)28)25-26-19(4-2-6-21(26)31)30-20-5-3-7-22(32)27(20)25/h8-13,25,30H,2-7,14H2,1H3. The lowest BCUT2D eigenvalue weighted by Gasteiger charge is -2.37. The lowest BCUT2D eigenvalue weighted by atomic mass is 9.71. The van der Waals surface area contributed by atoms with Gasteiger partial charge in [-0.25, -0.2) is 4.39 Å². The average molecular weight is 482 g/mol. The van der Waals surface area contributed by atoms with Crippen molar-refractivity contribution in [3.8, 4) is 11.5 Å². The maximum atomic E-state index is 13.3. The van der Waals surface area contributed by atoms with Crippen molar-refractivity contribution in [1.29, 1.82) is 0 Å². The van der Waals surface area contributed by atoms with Crippen LogP contribution in [0.25, 0.3) is 0 Å². The number of benzene rings is 2. The fourth-order valence-electron chi connectivity index (χ4n) is 5.09. The highest BCUT2D eigenvalue weighted by Crippen LogP contribution is 2.46. The Labute approximate surface area is 202 Å². The first-order chi connectivity index (χ1) is 16.5. The second-order valence-corrected chi connectivity index (χ2v) is 9.24. The van der Waals surface area contributed by atoms with Crippen molar-refractivity contribution in [1.82, 2.24) is 5.32 Å². The van der Waals surface area contributed by atoms with Crippen molar-refractivity contribution in [2.75, 3.05) is 7.11 Å². The second-order valence-electron chi connectivity index (χ2n) is 8.83. The molecular weight excluding hydrogens is 457 g/mol. The Hall–Kier alpha value is -3.12. The number of rotatable bonds is 5. The molecule has 2 aromatic carbocycles. The highest BCUT2D eigenvalue weighted by atomic mass is 35.5. The Morgan fingerprint density at radius 2 is 1.62 bits per heavy atom. The molecule has 7 heteroatoms. The van der Waals surface area contributed by atoms with Gasteiger partial charge in [0.25, 0.3) is 0 Å². The van der Waals surface area contributed by atoms with E-state index in [0.717, 1.165) is 42.6 Å². The van der Waals surface area contributed by atoms with Crippen LogP contribution in [0.5, 0.6) is 11.5 Å². The molecule has 176 valence electrons. The number of carbonyl (C=O) groups excluding carboxylic acids is 2. The number of methoxy groups -OCH3 is 1. The molecule has 0 bridgehead atoms. The van der Waals surface area contributed by atoms with E-state index in [4.69, 9.17) is 21.1 Å². The Bertz CT molecular complexity index is 1210. The van der Waals surface area contributed by atoms with Gasteiger partial charge in [-0.05, 0) is 55.5 Å².